The fraction of sp³-hybridized carbons (Fsp3) is 0.111. The number of hydrogen-bond donors (Lipinski definition) is 1. The molecule has 3 aromatic rings. The van der Waals surface area contributed by atoms with Gasteiger partial charge in [-0.15, -0.1) is 5.10 Å². The van der Waals surface area contributed by atoms with Gasteiger partial charge in [0.25, 0.3) is 11.7 Å². The largest absolute Gasteiger partial charge is 0.447 e. The van der Waals surface area contributed by atoms with Crippen LogP contribution in [0, 0.1) is 0 Å². The van der Waals surface area contributed by atoms with Crippen LogP contribution < -0.4 is 5.73 Å². The maximum Gasteiger partial charge on any atom is 0.379 e. The van der Waals surface area contributed by atoms with Crippen LogP contribution in [0.3, 0.4) is 0 Å². The molecule has 7 nitrogen and oxygen atoms in total. The third-order valence-corrected chi connectivity index (χ3v) is 3.51. The Bertz CT molecular complexity index is 834. The molecule has 1 heterocycles. The molecule has 2 aromatic carbocycles. The predicted octanol–water partition coefficient (Wildman–Crippen LogP) is 1.96. The summed E-state index contributed by atoms with van der Waals surface area (Å²) in [6, 6.07) is 18.7. The molecule has 126 valence electrons. The number of carbonyl (C=O) groups excluding carboxylic acids is 2. The number of hydrogen-bond acceptors (Lipinski definition) is 5. The molecule has 25 heavy (non-hydrogen) atoms. The molecule has 1 aromatic heterocycles. The highest BCUT2D eigenvalue weighted by Crippen LogP contribution is 2.21. The molecule has 0 unspecified atom stereocenters. The second-order valence-electron chi connectivity index (χ2n) is 5.32. The molecule has 0 bridgehead atoms. The number of para-hydroxylation sites is 1. The molecule has 2 N–H and O–H groups in total. The number of rotatable bonds is 5. The van der Waals surface area contributed by atoms with Crippen LogP contribution in [-0.2, 0) is 9.53 Å². The van der Waals surface area contributed by atoms with Crippen LogP contribution in [0.25, 0.3) is 17.1 Å². The van der Waals surface area contributed by atoms with Gasteiger partial charge < -0.3 is 10.5 Å². The maximum absolute atomic E-state index is 12.2. The van der Waals surface area contributed by atoms with Crippen LogP contribution in [0.4, 0.5) is 0 Å². The molecule has 0 saturated carbocycles. The fourth-order valence-electron chi connectivity index (χ4n) is 2.19. The SMILES string of the molecule is C[C@H](OC(=O)c1nc(-c2ccccc2)n(-c2ccccc2)n1)C(N)=O. The van der Waals surface area contributed by atoms with Crippen molar-refractivity contribution in [2.75, 3.05) is 0 Å². The molecule has 1 atom stereocenters. The molecule has 3 rings (SSSR count). The van der Waals surface area contributed by atoms with E-state index in [0.717, 1.165) is 11.3 Å². The first kappa shape index (κ1) is 16.4. The Morgan fingerprint density at radius 3 is 2.24 bits per heavy atom. The van der Waals surface area contributed by atoms with Gasteiger partial charge in [0.05, 0.1) is 5.69 Å². The molecular formula is C18H16N4O3. The van der Waals surface area contributed by atoms with Crippen molar-refractivity contribution in [2.45, 2.75) is 13.0 Å². The zero-order valence-electron chi connectivity index (χ0n) is 13.5. The Balaban J connectivity index is 2.03. The van der Waals surface area contributed by atoms with Gasteiger partial charge >= 0.3 is 5.97 Å². The molecular weight excluding hydrogens is 320 g/mol. The Hall–Kier alpha value is -3.48. The Morgan fingerprint density at radius 1 is 1.04 bits per heavy atom. The summed E-state index contributed by atoms with van der Waals surface area (Å²) in [7, 11) is 0. The van der Waals surface area contributed by atoms with Crippen LogP contribution in [0.5, 0.6) is 0 Å². The van der Waals surface area contributed by atoms with Gasteiger partial charge in [-0.3, -0.25) is 4.79 Å². The average molecular weight is 336 g/mol. The van der Waals surface area contributed by atoms with Crippen LogP contribution in [0.2, 0.25) is 0 Å². The number of nitrogens with zero attached hydrogens (tertiary/aromatic N) is 3. The zero-order valence-corrected chi connectivity index (χ0v) is 13.5. The Kier molecular flexibility index (Phi) is 4.56. The highest BCUT2D eigenvalue weighted by atomic mass is 16.5. The van der Waals surface area contributed by atoms with Gasteiger partial charge in [0, 0.05) is 5.56 Å². The van der Waals surface area contributed by atoms with E-state index in [0.29, 0.717) is 5.82 Å². The van der Waals surface area contributed by atoms with E-state index < -0.39 is 18.0 Å². The first-order valence-electron chi connectivity index (χ1n) is 7.64. The van der Waals surface area contributed by atoms with Crippen molar-refractivity contribution in [3.05, 3.63) is 66.5 Å². The summed E-state index contributed by atoms with van der Waals surface area (Å²) < 4.78 is 6.54. The van der Waals surface area contributed by atoms with Crippen LogP contribution in [-0.4, -0.2) is 32.7 Å². The van der Waals surface area contributed by atoms with E-state index in [9.17, 15) is 9.59 Å². The Labute approximate surface area is 144 Å². The zero-order chi connectivity index (χ0) is 17.8. The van der Waals surface area contributed by atoms with Crippen LogP contribution >= 0.6 is 0 Å². The van der Waals surface area contributed by atoms with Crippen LogP contribution in [0.1, 0.15) is 17.5 Å². The number of carbonyl (C=O) groups is 2. The number of benzene rings is 2. The van der Waals surface area contributed by atoms with Crippen LogP contribution in [0.15, 0.2) is 60.7 Å². The van der Waals surface area contributed by atoms with Gasteiger partial charge in [-0.05, 0) is 19.1 Å². The standard InChI is InChI=1S/C18H16N4O3/c1-12(15(19)23)25-18(24)16-20-17(13-8-4-2-5-9-13)22(21-16)14-10-6-3-7-11-14/h2-12H,1H3,(H2,19,23)/t12-/m0/s1. The van der Waals surface area contributed by atoms with Crippen molar-refractivity contribution in [1.29, 1.82) is 0 Å². The summed E-state index contributed by atoms with van der Waals surface area (Å²) >= 11 is 0. The van der Waals surface area contributed by atoms with E-state index in [-0.39, 0.29) is 5.82 Å². The van der Waals surface area contributed by atoms with Gasteiger partial charge in [0.15, 0.2) is 11.9 Å². The van der Waals surface area contributed by atoms with Crippen molar-refractivity contribution in [3.63, 3.8) is 0 Å². The molecule has 0 fully saturated rings. The van der Waals surface area contributed by atoms with E-state index in [1.165, 1.54) is 6.92 Å². The first-order chi connectivity index (χ1) is 12.1. The quantitative estimate of drug-likeness (QED) is 0.718. The van der Waals surface area contributed by atoms with Gasteiger partial charge in [-0.25, -0.2) is 14.5 Å². The smallest absolute Gasteiger partial charge is 0.379 e. The number of esters is 1. The summed E-state index contributed by atoms with van der Waals surface area (Å²) in [5.41, 5.74) is 6.66. The van der Waals surface area contributed by atoms with Crippen molar-refractivity contribution >= 4 is 11.9 Å². The third kappa shape index (κ3) is 3.55. The number of primary amides is 1. The topological polar surface area (TPSA) is 100 Å². The number of aromatic nitrogens is 3. The molecule has 0 aliphatic heterocycles. The summed E-state index contributed by atoms with van der Waals surface area (Å²) in [6.45, 7) is 1.40. The van der Waals surface area contributed by atoms with E-state index in [2.05, 4.69) is 10.1 Å². The highest BCUT2D eigenvalue weighted by molar-refractivity contribution is 5.89. The van der Waals surface area contributed by atoms with Gasteiger partial charge in [0.2, 0.25) is 0 Å². The van der Waals surface area contributed by atoms with Crippen molar-refractivity contribution < 1.29 is 14.3 Å². The Morgan fingerprint density at radius 2 is 1.64 bits per heavy atom. The third-order valence-electron chi connectivity index (χ3n) is 3.51. The molecule has 7 heteroatoms. The second kappa shape index (κ2) is 6.96. The summed E-state index contributed by atoms with van der Waals surface area (Å²) in [5.74, 6) is -1.20. The predicted molar refractivity (Wildman–Crippen MR) is 90.9 cm³/mol. The lowest BCUT2D eigenvalue weighted by Gasteiger charge is -2.06. The molecule has 0 aliphatic rings. The fourth-order valence-corrected chi connectivity index (χ4v) is 2.19. The lowest BCUT2D eigenvalue weighted by atomic mass is 10.2. The molecule has 1 amide bonds. The van der Waals surface area contributed by atoms with Crippen molar-refractivity contribution in [1.82, 2.24) is 14.8 Å². The van der Waals surface area contributed by atoms with Gasteiger partial charge in [-0.2, -0.15) is 0 Å². The molecule has 0 spiro atoms. The van der Waals surface area contributed by atoms with Gasteiger partial charge in [0.1, 0.15) is 0 Å². The van der Waals surface area contributed by atoms with Crippen molar-refractivity contribution in [2.24, 2.45) is 5.73 Å². The van der Waals surface area contributed by atoms with Crippen molar-refractivity contribution in [3.8, 4) is 17.1 Å². The lowest BCUT2D eigenvalue weighted by Crippen LogP contribution is -2.30. The minimum absolute atomic E-state index is 0.143. The minimum Gasteiger partial charge on any atom is -0.447 e. The molecule has 0 saturated heterocycles. The van der Waals surface area contributed by atoms with E-state index in [1.807, 2.05) is 60.7 Å². The number of ether oxygens (including phenoxy) is 1. The lowest BCUT2D eigenvalue weighted by molar-refractivity contribution is -0.125. The second-order valence-corrected chi connectivity index (χ2v) is 5.32. The number of amides is 1. The van der Waals surface area contributed by atoms with E-state index in [1.54, 1.807) is 4.68 Å². The summed E-state index contributed by atoms with van der Waals surface area (Å²) in [6.07, 6.45) is -1.06. The first-order valence-corrected chi connectivity index (χ1v) is 7.64. The molecule has 0 radical (unpaired) electrons. The monoisotopic (exact) mass is 336 g/mol. The van der Waals surface area contributed by atoms with E-state index >= 15 is 0 Å². The normalized spacial score (nSPS) is 11.7. The van der Waals surface area contributed by atoms with E-state index in [4.69, 9.17) is 10.5 Å². The number of nitrogens with two attached hydrogens (primary N) is 1. The highest BCUT2D eigenvalue weighted by Gasteiger charge is 2.23. The summed E-state index contributed by atoms with van der Waals surface area (Å²) in [4.78, 5) is 27.6. The average Bonchev–Trinajstić information content (AvgIpc) is 3.08. The summed E-state index contributed by atoms with van der Waals surface area (Å²) in [5, 5.41) is 4.25. The molecule has 0 aliphatic carbocycles. The maximum atomic E-state index is 12.2. The van der Waals surface area contributed by atoms with Gasteiger partial charge in [-0.1, -0.05) is 48.5 Å². The minimum atomic E-state index is -1.06.